The molecular formula is C45H53Cl2N3O11. The number of benzene rings is 4. The summed E-state index contributed by atoms with van der Waals surface area (Å²) in [5.41, 5.74) is 11.1. The lowest BCUT2D eigenvalue weighted by Gasteiger charge is -2.15. The van der Waals surface area contributed by atoms with Gasteiger partial charge >= 0.3 is 23.9 Å². The number of nitrogens with two attached hydrogens (primary N) is 2. The molecule has 3 unspecified atom stereocenters. The molecule has 0 heterocycles. The van der Waals surface area contributed by atoms with Crippen molar-refractivity contribution in [3.8, 4) is 37.0 Å². The Balaban J connectivity index is -0.000000741. The molecule has 0 radical (unpaired) electrons. The Labute approximate surface area is 367 Å². The molecule has 61 heavy (non-hydrogen) atoms. The van der Waals surface area contributed by atoms with Gasteiger partial charge in [-0.15, -0.1) is 49.4 Å². The van der Waals surface area contributed by atoms with E-state index in [1.165, 1.54) is 6.92 Å². The van der Waals surface area contributed by atoms with Crippen LogP contribution in [0.5, 0.6) is 0 Å². The van der Waals surface area contributed by atoms with Crippen LogP contribution in [0.1, 0.15) is 67.7 Å². The first-order valence-corrected chi connectivity index (χ1v) is 18.5. The summed E-state index contributed by atoms with van der Waals surface area (Å²) in [6.07, 6.45) is 15.4. The van der Waals surface area contributed by atoms with Crippen LogP contribution in [-0.4, -0.2) is 88.3 Å². The van der Waals surface area contributed by atoms with E-state index < -0.39 is 42.0 Å². The van der Waals surface area contributed by atoms with Crippen LogP contribution >= 0.6 is 24.0 Å². The maximum atomic E-state index is 12.3. The Morgan fingerprint density at radius 2 is 1.05 bits per heavy atom. The molecule has 0 aliphatic carbocycles. The Morgan fingerprint density at radius 1 is 0.672 bits per heavy atom. The standard InChI is InChI=1S/C18H17NO3.C11H8O2.C7H11NO2.C5H7NO2.C2H3ClO.C2H6O.ClH/c1-3-7-16(18(21)22-4-2)19-17(20)15-11-10-13-8-5-6-9-14(13)12-15;12-11(13)10-6-5-8-3-1-2-4-9(8)7-10;1-3-5-6(8)7(9)10-4-2;1-2-3-4(6)5(7)8;1-2(3)4;1-2-3;/h1,5-6,8-12,16H,4,7H2,2H3,(H,19,20);1-7H,(H,12,13);1,6H,4-5,8H2,2H3;1,4H,3,6H2,(H,7,8);1H3;3H,2H2,1H3;1H. The molecule has 16 heteroatoms. The summed E-state index contributed by atoms with van der Waals surface area (Å²) < 4.78 is 9.51. The third-order valence-electron chi connectivity index (χ3n) is 6.79. The molecule has 14 nitrogen and oxygen atoms in total. The van der Waals surface area contributed by atoms with E-state index in [0.29, 0.717) is 17.7 Å². The Kier molecular flexibility index (Phi) is 34.3. The van der Waals surface area contributed by atoms with Crippen molar-refractivity contribution in [1.82, 2.24) is 5.32 Å². The lowest BCUT2D eigenvalue weighted by atomic mass is 10.1. The zero-order valence-corrected chi connectivity index (χ0v) is 35.9. The number of rotatable bonds is 11. The fourth-order valence-electron chi connectivity index (χ4n) is 4.12. The zero-order valence-electron chi connectivity index (χ0n) is 34.3. The molecule has 4 rings (SSSR count). The average molecular weight is 883 g/mol. The molecule has 328 valence electrons. The number of esters is 2. The normalized spacial score (nSPS) is 10.5. The molecule has 1 amide bonds. The van der Waals surface area contributed by atoms with E-state index in [-0.39, 0.29) is 56.0 Å². The van der Waals surface area contributed by atoms with Crippen molar-refractivity contribution < 1.29 is 53.6 Å². The molecule has 0 aliphatic heterocycles. The summed E-state index contributed by atoms with van der Waals surface area (Å²) in [6.45, 7) is 7.24. The number of nitrogens with one attached hydrogen (secondary N) is 1. The molecule has 4 aromatic carbocycles. The highest BCUT2D eigenvalue weighted by Gasteiger charge is 2.22. The molecule has 0 spiro atoms. The highest BCUT2D eigenvalue weighted by Crippen LogP contribution is 2.16. The van der Waals surface area contributed by atoms with Crippen LogP contribution in [0.4, 0.5) is 0 Å². The average Bonchev–Trinajstić information content (AvgIpc) is 3.21. The van der Waals surface area contributed by atoms with Gasteiger partial charge in [0.2, 0.25) is 5.24 Å². The van der Waals surface area contributed by atoms with Crippen LogP contribution in [0.15, 0.2) is 84.9 Å². The number of aliphatic carboxylic acids is 1. The van der Waals surface area contributed by atoms with E-state index in [0.717, 1.165) is 21.5 Å². The van der Waals surface area contributed by atoms with Gasteiger partial charge in [0.15, 0.2) is 0 Å². The summed E-state index contributed by atoms with van der Waals surface area (Å²) >= 11 is 4.64. The van der Waals surface area contributed by atoms with Gasteiger partial charge in [-0.05, 0) is 78.2 Å². The minimum Gasteiger partial charge on any atom is -0.480 e. The van der Waals surface area contributed by atoms with Crippen LogP contribution in [0.3, 0.4) is 0 Å². The number of aliphatic hydroxyl groups is 1. The molecule has 4 aromatic rings. The van der Waals surface area contributed by atoms with Gasteiger partial charge < -0.3 is 41.6 Å². The number of hydrogen-bond donors (Lipinski definition) is 6. The minimum atomic E-state index is -1.05. The van der Waals surface area contributed by atoms with E-state index in [1.807, 2.05) is 60.7 Å². The number of carboxylic acids is 2. The van der Waals surface area contributed by atoms with Crippen molar-refractivity contribution >= 4 is 80.6 Å². The third-order valence-corrected chi connectivity index (χ3v) is 6.79. The number of aromatic carboxylic acids is 1. The predicted octanol–water partition coefficient (Wildman–Crippen LogP) is 5.58. The molecule has 0 bridgehead atoms. The largest absolute Gasteiger partial charge is 0.480 e. The number of amides is 1. The van der Waals surface area contributed by atoms with E-state index >= 15 is 0 Å². The number of hydrogen-bond acceptors (Lipinski definition) is 11. The van der Waals surface area contributed by atoms with Crippen LogP contribution in [-0.2, 0) is 28.7 Å². The second-order valence-corrected chi connectivity index (χ2v) is 12.1. The number of aliphatic hydroxyl groups excluding tert-OH is 1. The number of carbonyl (C=O) groups is 6. The molecule has 3 atom stereocenters. The van der Waals surface area contributed by atoms with Crippen molar-refractivity contribution in [3.05, 3.63) is 96.1 Å². The van der Waals surface area contributed by atoms with Gasteiger partial charge in [0, 0.05) is 38.4 Å². The van der Waals surface area contributed by atoms with Gasteiger partial charge in [-0.1, -0.05) is 60.7 Å². The van der Waals surface area contributed by atoms with E-state index in [2.05, 4.69) is 39.4 Å². The number of carboxylic acid groups (broad SMARTS) is 2. The number of carbonyl (C=O) groups excluding carboxylic acids is 4. The summed E-state index contributed by atoms with van der Waals surface area (Å²) in [4.78, 5) is 64.5. The fraction of sp³-hybridized carbons (Fsp3) is 0.289. The quantitative estimate of drug-likeness (QED) is 0.0613. The number of halogens is 2. The lowest BCUT2D eigenvalue weighted by Crippen LogP contribution is -2.41. The molecular weight excluding hydrogens is 829 g/mol. The number of fused-ring (bicyclic) bond motifs is 2. The van der Waals surface area contributed by atoms with Crippen LogP contribution in [0.25, 0.3) is 21.5 Å². The van der Waals surface area contributed by atoms with Gasteiger partial charge in [-0.2, -0.15) is 0 Å². The highest BCUT2D eigenvalue weighted by molar-refractivity contribution is 6.62. The summed E-state index contributed by atoms with van der Waals surface area (Å²) in [6, 6.07) is 23.5. The minimum absolute atomic E-state index is 0. The van der Waals surface area contributed by atoms with Gasteiger partial charge in [0.1, 0.15) is 18.1 Å². The van der Waals surface area contributed by atoms with Gasteiger partial charge in [0.05, 0.1) is 18.8 Å². The second-order valence-electron chi connectivity index (χ2n) is 11.5. The van der Waals surface area contributed by atoms with Crippen LogP contribution < -0.4 is 16.8 Å². The maximum Gasteiger partial charge on any atom is 0.335 e. The topological polar surface area (TPSA) is 246 Å². The lowest BCUT2D eigenvalue weighted by molar-refractivity contribution is -0.145. The summed E-state index contributed by atoms with van der Waals surface area (Å²) in [5, 5.41) is 30.7. The SMILES string of the molecule is C#CCC(N)C(=O)O.C#CCC(N)C(=O)OCC.C#CCC(NC(=O)c1ccc2ccccc2c1)C(=O)OCC.CC(=O)Cl.CCO.Cl.O=C(O)c1ccc2ccccc2c1. The first-order chi connectivity index (χ1) is 28.5. The van der Waals surface area contributed by atoms with Crippen molar-refractivity contribution in [2.75, 3.05) is 19.8 Å². The Bertz CT molecular complexity index is 2100. The van der Waals surface area contributed by atoms with Crippen LogP contribution in [0, 0.1) is 37.0 Å². The third kappa shape index (κ3) is 27.0. The highest BCUT2D eigenvalue weighted by atomic mass is 35.5. The fourth-order valence-corrected chi connectivity index (χ4v) is 4.12. The number of terminal acetylenes is 3. The Morgan fingerprint density at radius 3 is 1.43 bits per heavy atom. The molecule has 0 aliphatic rings. The van der Waals surface area contributed by atoms with Crippen molar-refractivity contribution in [2.45, 2.75) is 65.1 Å². The molecule has 0 saturated carbocycles. The summed E-state index contributed by atoms with van der Waals surface area (Å²) in [5.74, 6) is 3.57. The van der Waals surface area contributed by atoms with Gasteiger partial charge in [0.25, 0.3) is 5.91 Å². The molecule has 0 saturated heterocycles. The van der Waals surface area contributed by atoms with E-state index in [4.69, 9.17) is 50.8 Å². The van der Waals surface area contributed by atoms with Gasteiger partial charge in [-0.3, -0.25) is 19.2 Å². The Hall–Kier alpha value is -6.44. The zero-order chi connectivity index (χ0) is 46.0. The maximum absolute atomic E-state index is 12.3. The van der Waals surface area contributed by atoms with Gasteiger partial charge in [-0.25, -0.2) is 9.59 Å². The first kappa shape index (κ1) is 58.9. The smallest absolute Gasteiger partial charge is 0.335 e. The van der Waals surface area contributed by atoms with E-state index in [9.17, 15) is 28.8 Å². The number of ether oxygens (including phenoxy) is 2. The predicted molar refractivity (Wildman–Crippen MR) is 240 cm³/mol. The summed E-state index contributed by atoms with van der Waals surface area (Å²) in [7, 11) is 0. The first-order valence-electron chi connectivity index (χ1n) is 18.1. The van der Waals surface area contributed by atoms with Crippen molar-refractivity contribution in [2.24, 2.45) is 11.5 Å². The van der Waals surface area contributed by atoms with Crippen molar-refractivity contribution in [1.29, 1.82) is 0 Å². The molecule has 8 N–H and O–H groups in total. The molecule has 0 aromatic heterocycles. The van der Waals surface area contributed by atoms with Crippen LogP contribution in [0.2, 0.25) is 0 Å². The monoisotopic (exact) mass is 881 g/mol. The van der Waals surface area contributed by atoms with Crippen molar-refractivity contribution in [3.63, 3.8) is 0 Å². The van der Waals surface area contributed by atoms with E-state index in [1.54, 1.807) is 45.0 Å². The second kappa shape index (κ2) is 35.5. The molecule has 0 fully saturated rings.